The number of carbonyl (C=O) groups excluding carboxylic acids is 1. The monoisotopic (exact) mass is 665 g/mol. The molecular formula is C36H44ClN3O5S. The van der Waals surface area contributed by atoms with Gasteiger partial charge in [0.15, 0.2) is 0 Å². The van der Waals surface area contributed by atoms with Crippen molar-refractivity contribution in [3.05, 3.63) is 77.8 Å². The molecule has 10 heteroatoms. The SMILES string of the molecule is NC1CCN(C(=O)[C@@H]2C[C@@H](Oc3ccc(-c4ccc(Cl)cc4)cc3)CCN2S(=O)(=O)c2ccc(OCC3CCCCC3)cc2)CC1. The number of halogens is 1. The average molecular weight is 666 g/mol. The molecule has 3 aliphatic rings. The van der Waals surface area contributed by atoms with E-state index in [1.807, 2.05) is 48.5 Å². The summed E-state index contributed by atoms with van der Waals surface area (Å²) in [5.41, 5.74) is 8.19. The molecule has 3 aromatic rings. The van der Waals surface area contributed by atoms with E-state index in [1.165, 1.54) is 36.4 Å². The molecule has 1 aliphatic carbocycles. The van der Waals surface area contributed by atoms with Gasteiger partial charge in [0.05, 0.1) is 11.5 Å². The Morgan fingerprint density at radius 2 is 1.39 bits per heavy atom. The van der Waals surface area contributed by atoms with Crippen LogP contribution in [0.25, 0.3) is 11.1 Å². The molecule has 0 radical (unpaired) electrons. The maximum atomic E-state index is 14.1. The van der Waals surface area contributed by atoms with Crippen LogP contribution < -0.4 is 15.2 Å². The van der Waals surface area contributed by atoms with Crippen LogP contribution in [0.15, 0.2) is 77.7 Å². The van der Waals surface area contributed by atoms with Crippen molar-refractivity contribution in [2.24, 2.45) is 11.7 Å². The van der Waals surface area contributed by atoms with Crippen molar-refractivity contribution in [3.8, 4) is 22.6 Å². The highest BCUT2D eigenvalue weighted by Gasteiger charge is 2.43. The third kappa shape index (κ3) is 7.88. The lowest BCUT2D eigenvalue weighted by molar-refractivity contribution is -0.138. The molecule has 0 aromatic heterocycles. The second-order valence-corrected chi connectivity index (χ2v) is 15.2. The van der Waals surface area contributed by atoms with Crippen molar-refractivity contribution in [2.45, 2.75) is 80.9 Å². The molecule has 1 amide bonds. The van der Waals surface area contributed by atoms with Gasteiger partial charge in [-0.3, -0.25) is 4.79 Å². The fraction of sp³-hybridized carbons (Fsp3) is 0.472. The van der Waals surface area contributed by atoms with Gasteiger partial charge in [-0.2, -0.15) is 4.31 Å². The molecule has 3 fully saturated rings. The molecule has 46 heavy (non-hydrogen) atoms. The number of benzene rings is 3. The Kier molecular flexibility index (Phi) is 10.5. The lowest BCUT2D eigenvalue weighted by atomic mass is 9.90. The Morgan fingerprint density at radius 1 is 0.783 bits per heavy atom. The summed E-state index contributed by atoms with van der Waals surface area (Å²) >= 11 is 6.04. The Hall–Kier alpha value is -3.11. The highest BCUT2D eigenvalue weighted by atomic mass is 35.5. The zero-order chi connectivity index (χ0) is 32.1. The van der Waals surface area contributed by atoms with E-state index >= 15 is 0 Å². The standard InChI is InChI=1S/C36H44ClN3O5S/c37-29-10-6-27(7-11-29)28-8-12-32(13-9-28)45-33-20-23-40(35(24-33)36(41)39-21-18-30(38)19-22-39)46(42,43)34-16-14-31(15-17-34)44-25-26-4-2-1-3-5-26/h6-17,26,30,33,35H,1-5,18-25,38H2/t33-,35-/m0/s1. The maximum absolute atomic E-state index is 14.1. The number of hydrogen-bond acceptors (Lipinski definition) is 6. The second-order valence-electron chi connectivity index (χ2n) is 12.9. The summed E-state index contributed by atoms with van der Waals surface area (Å²) in [7, 11) is -3.95. The summed E-state index contributed by atoms with van der Waals surface area (Å²) in [6.45, 7) is 1.88. The molecule has 246 valence electrons. The maximum Gasteiger partial charge on any atom is 0.243 e. The van der Waals surface area contributed by atoms with E-state index in [4.69, 9.17) is 26.8 Å². The van der Waals surface area contributed by atoms with Gasteiger partial charge in [-0.25, -0.2) is 8.42 Å². The van der Waals surface area contributed by atoms with Gasteiger partial charge in [0.1, 0.15) is 23.6 Å². The molecule has 1 saturated carbocycles. The number of amides is 1. The zero-order valence-corrected chi connectivity index (χ0v) is 27.8. The highest BCUT2D eigenvalue weighted by molar-refractivity contribution is 7.89. The number of likely N-dealkylation sites (tertiary alicyclic amines) is 1. The Morgan fingerprint density at radius 3 is 2.04 bits per heavy atom. The van der Waals surface area contributed by atoms with Gasteiger partial charge < -0.3 is 20.1 Å². The van der Waals surface area contributed by atoms with Gasteiger partial charge in [-0.15, -0.1) is 0 Å². The molecule has 8 nitrogen and oxygen atoms in total. The van der Waals surface area contributed by atoms with E-state index in [9.17, 15) is 13.2 Å². The van der Waals surface area contributed by atoms with Crippen LogP contribution in [-0.4, -0.2) is 68.0 Å². The van der Waals surface area contributed by atoms with Crippen molar-refractivity contribution in [1.82, 2.24) is 9.21 Å². The first-order valence-electron chi connectivity index (χ1n) is 16.6. The summed E-state index contributed by atoms with van der Waals surface area (Å²) in [6, 6.07) is 21.3. The molecule has 2 N–H and O–H groups in total. The largest absolute Gasteiger partial charge is 0.493 e. The van der Waals surface area contributed by atoms with Crippen molar-refractivity contribution < 1.29 is 22.7 Å². The summed E-state index contributed by atoms with van der Waals surface area (Å²) in [6.07, 6.45) is 7.96. The molecule has 2 heterocycles. The van der Waals surface area contributed by atoms with Crippen LogP contribution in [0.1, 0.15) is 57.8 Å². The van der Waals surface area contributed by atoms with E-state index in [1.54, 1.807) is 29.2 Å². The number of carbonyl (C=O) groups is 1. The molecule has 2 atom stereocenters. The van der Waals surface area contributed by atoms with Gasteiger partial charge in [0.25, 0.3) is 0 Å². The van der Waals surface area contributed by atoms with Gasteiger partial charge in [0, 0.05) is 37.1 Å². The van der Waals surface area contributed by atoms with Crippen LogP contribution in [0.3, 0.4) is 0 Å². The molecule has 2 aliphatic heterocycles. The lowest BCUT2D eigenvalue weighted by Gasteiger charge is -2.41. The number of nitrogens with zero attached hydrogens (tertiary/aromatic N) is 2. The minimum atomic E-state index is -3.95. The van der Waals surface area contributed by atoms with Gasteiger partial charge in [-0.05, 0) is 97.7 Å². The topological polar surface area (TPSA) is 102 Å². The molecule has 0 unspecified atom stereocenters. The predicted octanol–water partition coefficient (Wildman–Crippen LogP) is 6.52. The molecule has 0 spiro atoms. The van der Waals surface area contributed by atoms with E-state index in [-0.39, 0.29) is 35.9 Å². The quantitative estimate of drug-likeness (QED) is 0.279. The minimum Gasteiger partial charge on any atom is -0.493 e. The van der Waals surface area contributed by atoms with Crippen molar-refractivity contribution in [2.75, 3.05) is 26.2 Å². The number of hydrogen-bond donors (Lipinski definition) is 1. The number of rotatable bonds is 9. The summed E-state index contributed by atoms with van der Waals surface area (Å²) < 4.78 is 41.9. The smallest absolute Gasteiger partial charge is 0.243 e. The van der Waals surface area contributed by atoms with Crippen LogP contribution in [0.4, 0.5) is 0 Å². The van der Waals surface area contributed by atoms with Gasteiger partial charge in [-0.1, -0.05) is 55.1 Å². The number of piperidine rings is 2. The minimum absolute atomic E-state index is 0.0565. The average Bonchev–Trinajstić information content (AvgIpc) is 3.09. The van der Waals surface area contributed by atoms with E-state index in [2.05, 4.69) is 0 Å². The molecule has 0 bridgehead atoms. The summed E-state index contributed by atoms with van der Waals surface area (Å²) in [5, 5.41) is 0.685. The fourth-order valence-electron chi connectivity index (χ4n) is 6.83. The van der Waals surface area contributed by atoms with Crippen LogP contribution in [-0.2, 0) is 14.8 Å². The summed E-state index contributed by atoms with van der Waals surface area (Å²) in [5.74, 6) is 1.71. The van der Waals surface area contributed by atoms with E-state index < -0.39 is 16.1 Å². The van der Waals surface area contributed by atoms with Gasteiger partial charge in [0.2, 0.25) is 15.9 Å². The number of sulfonamides is 1. The van der Waals surface area contributed by atoms with Gasteiger partial charge >= 0.3 is 0 Å². The lowest BCUT2D eigenvalue weighted by Crippen LogP contribution is -2.57. The third-order valence-corrected chi connectivity index (χ3v) is 11.8. The molecule has 6 rings (SSSR count). The van der Waals surface area contributed by atoms with Crippen molar-refractivity contribution in [3.63, 3.8) is 0 Å². The number of nitrogens with two attached hydrogens (primary N) is 1. The molecule has 3 aromatic carbocycles. The fourth-order valence-corrected chi connectivity index (χ4v) is 8.57. The molecular weight excluding hydrogens is 622 g/mol. The predicted molar refractivity (Wildman–Crippen MR) is 181 cm³/mol. The summed E-state index contributed by atoms with van der Waals surface area (Å²) in [4.78, 5) is 15.9. The first-order valence-corrected chi connectivity index (χ1v) is 18.4. The van der Waals surface area contributed by atoms with Crippen molar-refractivity contribution in [1.29, 1.82) is 0 Å². The highest BCUT2D eigenvalue weighted by Crippen LogP contribution is 2.32. The second kappa shape index (κ2) is 14.8. The van der Waals surface area contributed by atoms with Crippen LogP contribution in [0, 0.1) is 5.92 Å². The van der Waals surface area contributed by atoms with E-state index in [0.717, 1.165) is 11.1 Å². The Balaban J connectivity index is 1.16. The normalized spacial score (nSPS) is 22.0. The van der Waals surface area contributed by atoms with Crippen LogP contribution >= 0.6 is 11.6 Å². The van der Waals surface area contributed by atoms with Crippen LogP contribution in [0.2, 0.25) is 5.02 Å². The first-order chi connectivity index (χ1) is 22.3. The van der Waals surface area contributed by atoms with Crippen molar-refractivity contribution >= 4 is 27.5 Å². The zero-order valence-electron chi connectivity index (χ0n) is 26.2. The Labute approximate surface area is 277 Å². The Bertz CT molecular complexity index is 1550. The first kappa shape index (κ1) is 32.8. The van der Waals surface area contributed by atoms with E-state index in [0.29, 0.717) is 61.4 Å². The number of ether oxygens (including phenoxy) is 2. The third-order valence-electron chi connectivity index (χ3n) is 9.62. The molecule has 2 saturated heterocycles. The van der Waals surface area contributed by atoms with Crippen LogP contribution in [0.5, 0.6) is 11.5 Å².